The van der Waals surface area contributed by atoms with Crippen molar-refractivity contribution < 1.29 is 52.4 Å². The standard InChI is InChI=1S/C22H17N3O5S.Na/c1-30-16-9-12-18(19(26)13-16)22-24-20(14-5-3-2-4-6-14)23-21(25-22)15-7-10-17(11-8-15)31(27,28)29;/h2-13,26H,1H3,(H,27,28,29);/q;+1/p-1. The molecule has 1 N–H and O–H groups in total. The number of hydrogen-bond acceptors (Lipinski definition) is 8. The summed E-state index contributed by atoms with van der Waals surface area (Å²) in [5, 5.41) is 10.4. The van der Waals surface area contributed by atoms with Crippen LogP contribution in [-0.2, 0) is 10.1 Å². The molecule has 0 amide bonds. The average Bonchev–Trinajstić information content (AvgIpc) is 2.78. The average molecular weight is 457 g/mol. The van der Waals surface area contributed by atoms with E-state index < -0.39 is 10.1 Å². The largest absolute Gasteiger partial charge is 1.00 e. The Morgan fingerprint density at radius 3 is 1.91 bits per heavy atom. The fourth-order valence-electron chi connectivity index (χ4n) is 2.94. The summed E-state index contributed by atoms with van der Waals surface area (Å²) in [5.41, 5.74) is 1.60. The molecule has 0 spiro atoms. The molecule has 1 heterocycles. The van der Waals surface area contributed by atoms with Gasteiger partial charge < -0.3 is 14.4 Å². The van der Waals surface area contributed by atoms with Crippen molar-refractivity contribution in [3.63, 3.8) is 0 Å². The second-order valence-electron chi connectivity index (χ2n) is 6.53. The fraction of sp³-hybridized carbons (Fsp3) is 0.0455. The van der Waals surface area contributed by atoms with Gasteiger partial charge in [0.1, 0.15) is 21.6 Å². The number of hydrogen-bond donors (Lipinski definition) is 1. The number of aromatic hydroxyl groups is 1. The maximum Gasteiger partial charge on any atom is 1.00 e. The molecular weight excluding hydrogens is 441 g/mol. The first-order chi connectivity index (χ1) is 14.8. The van der Waals surface area contributed by atoms with Crippen LogP contribution < -0.4 is 34.3 Å². The van der Waals surface area contributed by atoms with E-state index in [9.17, 15) is 18.1 Å². The van der Waals surface area contributed by atoms with E-state index in [1.54, 1.807) is 12.1 Å². The minimum Gasteiger partial charge on any atom is -0.744 e. The second kappa shape index (κ2) is 9.76. The third kappa shape index (κ3) is 5.14. The monoisotopic (exact) mass is 457 g/mol. The molecule has 0 saturated carbocycles. The second-order valence-corrected chi connectivity index (χ2v) is 7.91. The molecule has 3 aromatic carbocycles. The van der Waals surface area contributed by atoms with E-state index in [4.69, 9.17) is 4.74 Å². The number of aromatic nitrogens is 3. The molecule has 0 radical (unpaired) electrons. The van der Waals surface area contributed by atoms with Gasteiger partial charge in [-0.05, 0) is 36.4 Å². The first-order valence-electron chi connectivity index (χ1n) is 9.10. The van der Waals surface area contributed by atoms with Crippen LogP contribution in [0.2, 0.25) is 0 Å². The molecule has 0 bridgehead atoms. The summed E-state index contributed by atoms with van der Waals surface area (Å²) in [5.74, 6) is 1.27. The van der Waals surface area contributed by atoms with Gasteiger partial charge in [-0.15, -0.1) is 0 Å². The first-order valence-corrected chi connectivity index (χ1v) is 10.5. The van der Waals surface area contributed by atoms with E-state index in [0.29, 0.717) is 22.7 Å². The van der Waals surface area contributed by atoms with Gasteiger partial charge in [0, 0.05) is 17.2 Å². The van der Waals surface area contributed by atoms with E-state index in [1.807, 2.05) is 30.3 Å². The minimum atomic E-state index is -4.56. The molecule has 4 aromatic rings. The summed E-state index contributed by atoms with van der Waals surface area (Å²) in [4.78, 5) is 13.1. The number of phenolic OH excluding ortho intramolecular Hbond substituents is 1. The van der Waals surface area contributed by atoms with Gasteiger partial charge in [-0.3, -0.25) is 0 Å². The molecule has 10 heteroatoms. The Morgan fingerprint density at radius 2 is 1.38 bits per heavy atom. The minimum absolute atomic E-state index is 0. The Hall–Kier alpha value is -2.82. The zero-order valence-electron chi connectivity index (χ0n) is 17.3. The van der Waals surface area contributed by atoms with Crippen LogP contribution in [0.5, 0.6) is 11.5 Å². The third-order valence-electron chi connectivity index (χ3n) is 4.51. The molecule has 0 aliphatic heterocycles. The Morgan fingerprint density at radius 1 is 0.812 bits per heavy atom. The SMILES string of the molecule is COc1ccc(-c2nc(-c3ccccc3)nc(-c3ccc(S(=O)(=O)[O-])cc3)n2)c(O)c1.[Na+]. The summed E-state index contributed by atoms with van der Waals surface area (Å²) in [6.45, 7) is 0. The van der Waals surface area contributed by atoms with Gasteiger partial charge in [-0.25, -0.2) is 23.4 Å². The zero-order chi connectivity index (χ0) is 22.0. The maximum atomic E-state index is 11.2. The Labute approximate surface area is 207 Å². The van der Waals surface area contributed by atoms with Crippen molar-refractivity contribution in [1.29, 1.82) is 0 Å². The normalized spacial score (nSPS) is 10.9. The number of nitrogens with zero attached hydrogens (tertiary/aromatic N) is 3. The van der Waals surface area contributed by atoms with Crippen LogP contribution in [0.25, 0.3) is 34.2 Å². The van der Waals surface area contributed by atoms with Crippen molar-refractivity contribution in [1.82, 2.24) is 15.0 Å². The number of ether oxygens (including phenoxy) is 1. The zero-order valence-corrected chi connectivity index (χ0v) is 20.1. The van der Waals surface area contributed by atoms with E-state index in [0.717, 1.165) is 5.56 Å². The molecule has 0 aliphatic carbocycles. The summed E-state index contributed by atoms with van der Waals surface area (Å²) in [6.07, 6.45) is 0. The maximum absolute atomic E-state index is 11.2. The number of benzene rings is 3. The number of methoxy groups -OCH3 is 1. The summed E-state index contributed by atoms with van der Waals surface area (Å²) < 4.78 is 38.8. The van der Waals surface area contributed by atoms with Crippen LogP contribution in [0.15, 0.2) is 77.7 Å². The molecule has 0 atom stereocenters. The molecule has 1 aromatic heterocycles. The van der Waals surface area contributed by atoms with Gasteiger partial charge >= 0.3 is 29.6 Å². The van der Waals surface area contributed by atoms with Crippen molar-refractivity contribution in [2.24, 2.45) is 0 Å². The van der Waals surface area contributed by atoms with Gasteiger partial charge in [-0.2, -0.15) is 0 Å². The Balaban J connectivity index is 0.00000289. The molecule has 0 aliphatic rings. The molecule has 156 valence electrons. The summed E-state index contributed by atoms with van der Waals surface area (Å²) in [7, 11) is -3.07. The van der Waals surface area contributed by atoms with Gasteiger partial charge in [0.25, 0.3) is 0 Å². The van der Waals surface area contributed by atoms with Crippen molar-refractivity contribution in [3.8, 4) is 45.7 Å². The van der Waals surface area contributed by atoms with Crippen LogP contribution in [0.4, 0.5) is 0 Å². The Kier molecular flexibility index (Phi) is 7.27. The number of phenols is 1. The van der Waals surface area contributed by atoms with E-state index in [2.05, 4.69) is 15.0 Å². The molecule has 0 fully saturated rings. The van der Waals surface area contributed by atoms with E-state index >= 15 is 0 Å². The van der Waals surface area contributed by atoms with Crippen molar-refractivity contribution in [3.05, 3.63) is 72.8 Å². The molecule has 0 unspecified atom stereocenters. The van der Waals surface area contributed by atoms with Crippen LogP contribution in [0.3, 0.4) is 0 Å². The topological polar surface area (TPSA) is 125 Å². The van der Waals surface area contributed by atoms with E-state index in [-0.39, 0.29) is 51.9 Å². The molecule has 32 heavy (non-hydrogen) atoms. The quantitative estimate of drug-likeness (QED) is 0.339. The molecule has 0 saturated heterocycles. The number of rotatable bonds is 5. The fourth-order valence-corrected chi connectivity index (χ4v) is 3.41. The van der Waals surface area contributed by atoms with E-state index in [1.165, 1.54) is 37.4 Å². The van der Waals surface area contributed by atoms with Gasteiger partial charge in [0.15, 0.2) is 17.5 Å². The van der Waals surface area contributed by atoms with Crippen LogP contribution >= 0.6 is 0 Å². The summed E-state index contributed by atoms with van der Waals surface area (Å²) >= 11 is 0. The predicted molar refractivity (Wildman–Crippen MR) is 112 cm³/mol. The first kappa shape index (κ1) is 23.8. The van der Waals surface area contributed by atoms with Crippen molar-refractivity contribution in [2.45, 2.75) is 4.90 Å². The van der Waals surface area contributed by atoms with Crippen LogP contribution in [0, 0.1) is 0 Å². The summed E-state index contributed by atoms with van der Waals surface area (Å²) in [6, 6.07) is 19.3. The van der Waals surface area contributed by atoms with Crippen molar-refractivity contribution >= 4 is 10.1 Å². The molecule has 8 nitrogen and oxygen atoms in total. The van der Waals surface area contributed by atoms with Crippen molar-refractivity contribution in [2.75, 3.05) is 7.11 Å². The van der Waals surface area contributed by atoms with Gasteiger partial charge in [0.05, 0.1) is 17.6 Å². The van der Waals surface area contributed by atoms with Gasteiger partial charge in [0.2, 0.25) is 0 Å². The van der Waals surface area contributed by atoms with Gasteiger partial charge in [-0.1, -0.05) is 30.3 Å². The predicted octanol–water partition coefficient (Wildman–Crippen LogP) is 0.495. The smallest absolute Gasteiger partial charge is 0.744 e. The third-order valence-corrected chi connectivity index (χ3v) is 5.36. The molecular formula is C22H16N3NaO5S. The Bertz CT molecular complexity index is 1350. The van der Waals surface area contributed by atoms with Crippen LogP contribution in [0.1, 0.15) is 0 Å². The van der Waals surface area contributed by atoms with Crippen LogP contribution in [-0.4, -0.2) is 40.1 Å². The molecule has 4 rings (SSSR count).